The predicted molar refractivity (Wildman–Crippen MR) is 52.1 cm³/mol. The molecule has 1 aliphatic heterocycles. The molecule has 13 heavy (non-hydrogen) atoms. The van der Waals surface area contributed by atoms with E-state index in [1.54, 1.807) is 0 Å². The molecule has 1 aliphatic carbocycles. The van der Waals surface area contributed by atoms with E-state index in [2.05, 4.69) is 0 Å². The van der Waals surface area contributed by atoms with Crippen molar-refractivity contribution in [2.24, 2.45) is 17.6 Å². The molecule has 2 fully saturated rings. The van der Waals surface area contributed by atoms with Gasteiger partial charge in [0.15, 0.2) is 9.84 Å². The zero-order valence-electron chi connectivity index (χ0n) is 8.16. The monoisotopic (exact) mass is 203 g/mol. The highest BCUT2D eigenvalue weighted by Gasteiger charge is 2.55. The zero-order valence-corrected chi connectivity index (χ0v) is 8.97. The van der Waals surface area contributed by atoms with Crippen LogP contribution in [0.5, 0.6) is 0 Å². The predicted octanol–water partition coefficient (Wildman–Crippen LogP) is 0.547. The summed E-state index contributed by atoms with van der Waals surface area (Å²) in [6.45, 7) is 3.70. The van der Waals surface area contributed by atoms with Crippen LogP contribution in [-0.2, 0) is 9.84 Å². The highest BCUT2D eigenvalue weighted by atomic mass is 32.2. The molecule has 0 radical (unpaired) electrons. The Hall–Kier alpha value is -0.0900. The molecule has 0 aromatic rings. The van der Waals surface area contributed by atoms with Crippen LogP contribution in [0.15, 0.2) is 0 Å². The van der Waals surface area contributed by atoms with Gasteiger partial charge in [-0.15, -0.1) is 0 Å². The van der Waals surface area contributed by atoms with Gasteiger partial charge in [0.2, 0.25) is 0 Å². The van der Waals surface area contributed by atoms with E-state index in [1.807, 2.05) is 13.8 Å². The normalized spacial score (nSPS) is 46.2. The molecule has 0 spiro atoms. The van der Waals surface area contributed by atoms with Gasteiger partial charge in [-0.05, 0) is 38.5 Å². The van der Waals surface area contributed by atoms with Crippen molar-refractivity contribution in [3.63, 3.8) is 0 Å². The SMILES string of the molecule is CC1(C)C(C2CC2N)CCS1(=O)=O. The van der Waals surface area contributed by atoms with E-state index in [1.165, 1.54) is 0 Å². The fourth-order valence-corrected chi connectivity index (χ4v) is 4.40. The largest absolute Gasteiger partial charge is 0.327 e. The van der Waals surface area contributed by atoms with E-state index < -0.39 is 14.6 Å². The van der Waals surface area contributed by atoms with Gasteiger partial charge in [0.05, 0.1) is 10.5 Å². The van der Waals surface area contributed by atoms with Crippen molar-refractivity contribution >= 4 is 9.84 Å². The minimum atomic E-state index is -2.86. The van der Waals surface area contributed by atoms with Crippen LogP contribution in [0.1, 0.15) is 26.7 Å². The number of rotatable bonds is 1. The maximum Gasteiger partial charge on any atom is 0.155 e. The Balaban J connectivity index is 2.25. The highest BCUT2D eigenvalue weighted by Crippen LogP contribution is 2.49. The van der Waals surface area contributed by atoms with Crippen molar-refractivity contribution in [2.45, 2.75) is 37.5 Å². The Morgan fingerprint density at radius 1 is 1.38 bits per heavy atom. The molecule has 1 saturated heterocycles. The third-order valence-corrected chi connectivity index (χ3v) is 6.48. The Labute approximate surface area is 79.6 Å². The summed E-state index contributed by atoms with van der Waals surface area (Å²) in [7, 11) is -2.86. The standard InChI is InChI=1S/C9H17NO2S/c1-9(2)7(6-5-8(6)10)3-4-13(9,11)12/h6-8H,3-5,10H2,1-2H3. The van der Waals surface area contributed by atoms with Crippen molar-refractivity contribution in [1.29, 1.82) is 0 Å². The molecular weight excluding hydrogens is 186 g/mol. The second kappa shape index (κ2) is 2.48. The second-order valence-corrected chi connectivity index (χ2v) is 7.57. The van der Waals surface area contributed by atoms with Crippen molar-refractivity contribution in [1.82, 2.24) is 0 Å². The summed E-state index contributed by atoms with van der Waals surface area (Å²) in [5, 5.41) is 0. The first-order valence-electron chi connectivity index (χ1n) is 4.84. The molecule has 0 bridgehead atoms. The lowest BCUT2D eigenvalue weighted by Crippen LogP contribution is -2.35. The van der Waals surface area contributed by atoms with E-state index in [4.69, 9.17) is 5.73 Å². The van der Waals surface area contributed by atoms with E-state index in [0.29, 0.717) is 17.6 Å². The van der Waals surface area contributed by atoms with Crippen LogP contribution >= 0.6 is 0 Å². The van der Waals surface area contributed by atoms with Crippen LogP contribution < -0.4 is 5.73 Å². The first kappa shape index (κ1) is 9.46. The Morgan fingerprint density at radius 3 is 2.23 bits per heavy atom. The van der Waals surface area contributed by atoms with E-state index in [0.717, 1.165) is 12.8 Å². The molecule has 4 heteroatoms. The summed E-state index contributed by atoms with van der Waals surface area (Å²) in [4.78, 5) is 0. The van der Waals surface area contributed by atoms with Gasteiger partial charge in [-0.3, -0.25) is 0 Å². The average molecular weight is 203 g/mol. The molecule has 76 valence electrons. The maximum atomic E-state index is 11.7. The van der Waals surface area contributed by atoms with Crippen molar-refractivity contribution in [2.75, 3.05) is 5.75 Å². The second-order valence-electron chi connectivity index (χ2n) is 4.88. The average Bonchev–Trinajstić information content (AvgIpc) is 2.61. The molecule has 3 unspecified atom stereocenters. The summed E-state index contributed by atoms with van der Waals surface area (Å²) < 4.78 is 22.8. The Morgan fingerprint density at radius 2 is 1.92 bits per heavy atom. The van der Waals surface area contributed by atoms with Crippen LogP contribution in [-0.4, -0.2) is 25.0 Å². The van der Waals surface area contributed by atoms with Crippen LogP contribution in [0.25, 0.3) is 0 Å². The molecule has 3 nitrogen and oxygen atoms in total. The van der Waals surface area contributed by atoms with Gasteiger partial charge in [0.1, 0.15) is 0 Å². The van der Waals surface area contributed by atoms with Crippen LogP contribution in [0, 0.1) is 11.8 Å². The number of sulfone groups is 1. The van der Waals surface area contributed by atoms with Gasteiger partial charge in [-0.2, -0.15) is 0 Å². The molecular formula is C9H17NO2S. The van der Waals surface area contributed by atoms with Gasteiger partial charge < -0.3 is 5.73 Å². The molecule has 3 atom stereocenters. The van der Waals surface area contributed by atoms with Gasteiger partial charge in [0, 0.05) is 6.04 Å². The fourth-order valence-electron chi connectivity index (χ4n) is 2.55. The molecule has 1 saturated carbocycles. The first-order valence-corrected chi connectivity index (χ1v) is 6.49. The van der Waals surface area contributed by atoms with Crippen LogP contribution in [0.2, 0.25) is 0 Å². The summed E-state index contributed by atoms with van der Waals surface area (Å²) in [5.74, 6) is 1.12. The van der Waals surface area contributed by atoms with Crippen LogP contribution in [0.4, 0.5) is 0 Å². The van der Waals surface area contributed by atoms with Gasteiger partial charge >= 0.3 is 0 Å². The highest BCUT2D eigenvalue weighted by molar-refractivity contribution is 7.93. The summed E-state index contributed by atoms with van der Waals surface area (Å²) in [5.41, 5.74) is 5.76. The van der Waals surface area contributed by atoms with Crippen molar-refractivity contribution in [3.05, 3.63) is 0 Å². The fraction of sp³-hybridized carbons (Fsp3) is 1.00. The first-order chi connectivity index (χ1) is 5.86. The van der Waals surface area contributed by atoms with E-state index >= 15 is 0 Å². The number of nitrogens with two attached hydrogens (primary N) is 1. The van der Waals surface area contributed by atoms with Crippen molar-refractivity contribution < 1.29 is 8.42 Å². The molecule has 2 N–H and O–H groups in total. The molecule has 1 heterocycles. The van der Waals surface area contributed by atoms with Gasteiger partial charge in [-0.25, -0.2) is 8.42 Å². The molecule has 2 rings (SSSR count). The lowest BCUT2D eigenvalue weighted by molar-refractivity contribution is 0.369. The van der Waals surface area contributed by atoms with Crippen molar-refractivity contribution in [3.8, 4) is 0 Å². The summed E-state index contributed by atoms with van der Waals surface area (Å²) >= 11 is 0. The number of hydrogen-bond acceptors (Lipinski definition) is 3. The maximum absolute atomic E-state index is 11.7. The lowest BCUT2D eigenvalue weighted by Gasteiger charge is -2.25. The summed E-state index contributed by atoms with van der Waals surface area (Å²) in [6.07, 6.45) is 1.83. The van der Waals surface area contributed by atoms with Crippen LogP contribution in [0.3, 0.4) is 0 Å². The summed E-state index contributed by atoms with van der Waals surface area (Å²) in [6, 6.07) is 0.262. The minimum absolute atomic E-state index is 0.262. The molecule has 0 aromatic heterocycles. The minimum Gasteiger partial charge on any atom is -0.327 e. The Kier molecular flexibility index (Phi) is 1.81. The molecule has 0 aromatic carbocycles. The third-order valence-electron chi connectivity index (χ3n) is 3.80. The molecule has 2 aliphatic rings. The topological polar surface area (TPSA) is 60.2 Å². The van der Waals surface area contributed by atoms with Gasteiger partial charge in [-0.1, -0.05) is 0 Å². The van der Waals surface area contributed by atoms with E-state index in [9.17, 15) is 8.42 Å². The third kappa shape index (κ3) is 1.22. The van der Waals surface area contributed by atoms with Gasteiger partial charge in [0.25, 0.3) is 0 Å². The quantitative estimate of drug-likeness (QED) is 0.677. The molecule has 0 amide bonds. The zero-order chi connectivity index (χ0) is 9.85. The van der Waals surface area contributed by atoms with E-state index in [-0.39, 0.29) is 6.04 Å². The number of hydrogen-bond donors (Lipinski definition) is 1. The lowest BCUT2D eigenvalue weighted by atomic mass is 9.88. The smallest absolute Gasteiger partial charge is 0.155 e. The Bertz CT molecular complexity index is 321.